The van der Waals surface area contributed by atoms with Gasteiger partial charge in [0.25, 0.3) is 0 Å². The molecule has 8 aromatic carbocycles. The van der Waals surface area contributed by atoms with Gasteiger partial charge >= 0.3 is 0 Å². The molecule has 0 saturated carbocycles. The molecule has 2 aliphatic carbocycles. The van der Waals surface area contributed by atoms with E-state index >= 15 is 0 Å². The van der Waals surface area contributed by atoms with E-state index in [0.717, 1.165) is 24.9 Å². The molecule has 0 saturated heterocycles. The Morgan fingerprint density at radius 3 is 1.93 bits per heavy atom. The van der Waals surface area contributed by atoms with E-state index in [-0.39, 0.29) is 6.04 Å². The molecule has 0 spiro atoms. The van der Waals surface area contributed by atoms with Crippen molar-refractivity contribution in [1.29, 1.82) is 0 Å². The molecule has 1 unspecified atom stereocenters. The molecule has 0 aliphatic heterocycles. The maximum atomic E-state index is 4.85. The van der Waals surface area contributed by atoms with Crippen LogP contribution in [0, 0.1) is 0 Å². The second-order valence-electron chi connectivity index (χ2n) is 16.1. The number of rotatable bonds is 5. The summed E-state index contributed by atoms with van der Waals surface area (Å²) in [5.41, 5.74) is 15.2. The Bertz CT molecular complexity index is 3430. The van der Waals surface area contributed by atoms with E-state index in [1.807, 2.05) is 6.20 Å². The van der Waals surface area contributed by atoms with Crippen molar-refractivity contribution in [2.75, 3.05) is 0 Å². The first-order valence-corrected chi connectivity index (χ1v) is 20.9. The Balaban J connectivity index is 0.926. The van der Waals surface area contributed by atoms with Gasteiger partial charge in [0.05, 0.1) is 11.6 Å². The summed E-state index contributed by atoms with van der Waals surface area (Å²) in [5.74, 6) is 0. The van der Waals surface area contributed by atoms with E-state index in [1.54, 1.807) is 0 Å². The zero-order valence-electron chi connectivity index (χ0n) is 32.6. The minimum atomic E-state index is 0.261. The van der Waals surface area contributed by atoms with Crippen LogP contribution in [-0.2, 0) is 6.42 Å². The average molecular weight is 753 g/mol. The van der Waals surface area contributed by atoms with Crippen LogP contribution in [0.4, 0.5) is 0 Å². The lowest BCUT2D eigenvalue weighted by molar-refractivity contribution is 0.643. The van der Waals surface area contributed by atoms with E-state index in [4.69, 9.17) is 4.98 Å². The van der Waals surface area contributed by atoms with Gasteiger partial charge in [0.1, 0.15) is 5.65 Å². The first-order valence-electron chi connectivity index (χ1n) is 20.9. The van der Waals surface area contributed by atoms with Gasteiger partial charge < -0.3 is 4.57 Å². The van der Waals surface area contributed by atoms with Crippen LogP contribution in [0.2, 0.25) is 0 Å². The molecule has 10 aromatic rings. The smallest absolute Gasteiger partial charge is 0.141 e. The highest BCUT2D eigenvalue weighted by molar-refractivity contribution is 6.12. The SMILES string of the molecule is C1=CCC(n2c3ccc(-c4cccc(-c5ccc6cc(-c7c8c(c(-c9ccc%10ccccc%10c9)c9ccccc79)C=CCC8)ccc6c5)c4)cc3c3cccnc32)C=C1. The molecular weight excluding hydrogens is 713 g/mol. The van der Waals surface area contributed by atoms with Crippen molar-refractivity contribution in [2.24, 2.45) is 0 Å². The van der Waals surface area contributed by atoms with Gasteiger partial charge in [-0.3, -0.25) is 0 Å². The fourth-order valence-electron chi connectivity index (χ4n) is 9.98. The summed E-state index contributed by atoms with van der Waals surface area (Å²) in [4.78, 5) is 4.85. The molecule has 2 heterocycles. The van der Waals surface area contributed by atoms with Gasteiger partial charge in [-0.25, -0.2) is 4.98 Å². The number of hydrogen-bond acceptors (Lipinski definition) is 1. The maximum absolute atomic E-state index is 4.85. The lowest BCUT2D eigenvalue weighted by Crippen LogP contribution is -2.07. The quantitative estimate of drug-likeness (QED) is 0.171. The van der Waals surface area contributed by atoms with Crippen molar-refractivity contribution in [2.45, 2.75) is 25.3 Å². The number of fused-ring (bicyclic) bond motifs is 7. The normalized spacial score (nSPS) is 14.9. The van der Waals surface area contributed by atoms with Gasteiger partial charge in [-0.1, -0.05) is 146 Å². The van der Waals surface area contributed by atoms with Crippen LogP contribution < -0.4 is 0 Å². The zero-order valence-corrected chi connectivity index (χ0v) is 32.6. The molecule has 2 aliphatic rings. The molecule has 0 N–H and O–H groups in total. The number of allylic oxidation sites excluding steroid dienone is 5. The molecule has 0 radical (unpaired) electrons. The monoisotopic (exact) mass is 752 g/mol. The molecule has 278 valence electrons. The Labute approximate surface area is 343 Å². The number of pyridine rings is 1. The van der Waals surface area contributed by atoms with Gasteiger partial charge in [-0.2, -0.15) is 0 Å². The Morgan fingerprint density at radius 1 is 0.475 bits per heavy atom. The number of hydrogen-bond donors (Lipinski definition) is 0. The maximum Gasteiger partial charge on any atom is 0.141 e. The standard InChI is InChI=1S/C57H40N2/c1-2-16-47(17-3-1)59-54-30-29-44(36-53(54)52-22-11-31-58-57(52)59)40-15-10-14-39(32-40)41-24-25-43-35-46(28-26-42(43)33-41)56-50-20-8-6-18-48(50)55(49-19-7-9-21-51(49)56)45-27-23-37-12-4-5-13-38(37)34-45/h1-8,10-16,18-20,22-36,47H,9,17,21H2. The van der Waals surface area contributed by atoms with Gasteiger partial charge in [0, 0.05) is 17.0 Å². The van der Waals surface area contributed by atoms with Crippen LogP contribution in [0.5, 0.6) is 0 Å². The molecule has 12 rings (SSSR count). The van der Waals surface area contributed by atoms with E-state index in [0.29, 0.717) is 0 Å². The van der Waals surface area contributed by atoms with Crippen LogP contribution >= 0.6 is 0 Å². The van der Waals surface area contributed by atoms with Crippen molar-refractivity contribution in [3.63, 3.8) is 0 Å². The number of aromatic nitrogens is 2. The van der Waals surface area contributed by atoms with E-state index in [1.165, 1.54) is 104 Å². The zero-order chi connectivity index (χ0) is 38.9. The summed E-state index contributed by atoms with van der Waals surface area (Å²) in [6, 6.07) is 59.1. The molecule has 1 atom stereocenters. The molecule has 2 nitrogen and oxygen atoms in total. The summed E-state index contributed by atoms with van der Waals surface area (Å²) in [5, 5.41) is 10.1. The molecule has 2 heteroatoms. The predicted molar refractivity (Wildman–Crippen MR) is 251 cm³/mol. The number of nitrogens with zero attached hydrogens (tertiary/aromatic N) is 2. The minimum absolute atomic E-state index is 0.261. The second kappa shape index (κ2) is 13.7. The van der Waals surface area contributed by atoms with Gasteiger partial charge in [-0.05, 0) is 156 Å². The molecular formula is C57H40N2. The van der Waals surface area contributed by atoms with Gasteiger partial charge in [0.15, 0.2) is 0 Å². The Morgan fingerprint density at radius 2 is 1.12 bits per heavy atom. The molecule has 0 bridgehead atoms. The van der Waals surface area contributed by atoms with Crippen molar-refractivity contribution in [3.8, 4) is 44.5 Å². The molecule has 0 amide bonds. The first-order chi connectivity index (χ1) is 29.2. The topological polar surface area (TPSA) is 17.8 Å². The van der Waals surface area contributed by atoms with Gasteiger partial charge in [-0.15, -0.1) is 0 Å². The van der Waals surface area contributed by atoms with Crippen molar-refractivity contribution in [1.82, 2.24) is 9.55 Å². The highest BCUT2D eigenvalue weighted by atomic mass is 15.1. The predicted octanol–water partition coefficient (Wildman–Crippen LogP) is 15.3. The minimum Gasteiger partial charge on any atom is -0.318 e. The van der Waals surface area contributed by atoms with Gasteiger partial charge in [0.2, 0.25) is 0 Å². The third-order valence-electron chi connectivity index (χ3n) is 12.8. The van der Waals surface area contributed by atoms with Crippen LogP contribution in [0.3, 0.4) is 0 Å². The highest BCUT2D eigenvalue weighted by Gasteiger charge is 2.22. The van der Waals surface area contributed by atoms with Crippen LogP contribution in [0.15, 0.2) is 194 Å². The van der Waals surface area contributed by atoms with Crippen molar-refractivity contribution < 1.29 is 0 Å². The highest BCUT2D eigenvalue weighted by Crippen LogP contribution is 2.46. The average Bonchev–Trinajstić information content (AvgIpc) is 3.64. The Hall–Kier alpha value is -7.29. The molecule has 0 fully saturated rings. The van der Waals surface area contributed by atoms with Crippen LogP contribution in [0.25, 0.3) is 105 Å². The molecule has 59 heavy (non-hydrogen) atoms. The third kappa shape index (κ3) is 5.59. The van der Waals surface area contributed by atoms with E-state index in [9.17, 15) is 0 Å². The summed E-state index contributed by atoms with van der Waals surface area (Å²) in [6.07, 6.45) is 18.5. The van der Waals surface area contributed by atoms with Crippen molar-refractivity contribution in [3.05, 3.63) is 205 Å². The van der Waals surface area contributed by atoms with E-state index < -0.39 is 0 Å². The van der Waals surface area contributed by atoms with E-state index in [2.05, 4.69) is 199 Å². The number of benzene rings is 8. The van der Waals surface area contributed by atoms with Crippen molar-refractivity contribution >= 4 is 60.3 Å². The largest absolute Gasteiger partial charge is 0.318 e. The molecule has 2 aromatic heterocycles. The summed E-state index contributed by atoms with van der Waals surface area (Å²) >= 11 is 0. The van der Waals surface area contributed by atoms with Crippen LogP contribution in [0.1, 0.15) is 30.0 Å². The second-order valence-corrected chi connectivity index (χ2v) is 16.1. The fourth-order valence-corrected chi connectivity index (χ4v) is 9.98. The summed E-state index contributed by atoms with van der Waals surface area (Å²) in [6.45, 7) is 0. The lowest BCUT2D eigenvalue weighted by atomic mass is 9.80. The lowest BCUT2D eigenvalue weighted by Gasteiger charge is -2.24. The fraction of sp³-hybridized carbons (Fsp3) is 0.0702. The first kappa shape index (κ1) is 33.8. The Kier molecular flexibility index (Phi) is 7.84. The summed E-state index contributed by atoms with van der Waals surface area (Å²) < 4.78 is 2.40. The third-order valence-corrected chi connectivity index (χ3v) is 12.8. The van der Waals surface area contributed by atoms with Crippen LogP contribution in [-0.4, -0.2) is 9.55 Å². The summed E-state index contributed by atoms with van der Waals surface area (Å²) in [7, 11) is 0.